The molecule has 0 radical (unpaired) electrons. The highest BCUT2D eigenvalue weighted by atomic mass is 16.6. The summed E-state index contributed by atoms with van der Waals surface area (Å²) in [4.78, 5) is 26.3. The van der Waals surface area contributed by atoms with E-state index in [0.717, 1.165) is 27.5 Å². The first-order valence-electron chi connectivity index (χ1n) is 10.2. The third kappa shape index (κ3) is 4.33. The largest absolute Gasteiger partial charge is 0.461 e. The Morgan fingerprint density at radius 2 is 2.10 bits per heavy atom. The number of ether oxygens (including phenoxy) is 3. The minimum Gasteiger partial charge on any atom is -0.461 e. The van der Waals surface area contributed by atoms with E-state index in [1.165, 1.54) is 0 Å². The molecule has 1 amide bonds. The fourth-order valence-electron chi connectivity index (χ4n) is 3.49. The molecule has 0 spiro atoms. The van der Waals surface area contributed by atoms with Gasteiger partial charge in [-0.3, -0.25) is 0 Å². The van der Waals surface area contributed by atoms with E-state index in [0.29, 0.717) is 25.7 Å². The van der Waals surface area contributed by atoms with Crippen LogP contribution in [0.1, 0.15) is 46.3 Å². The van der Waals surface area contributed by atoms with Gasteiger partial charge >= 0.3 is 12.1 Å². The van der Waals surface area contributed by atoms with Crippen molar-refractivity contribution in [3.05, 3.63) is 30.0 Å². The Balaban J connectivity index is 1.59. The number of hydrogen-bond acceptors (Lipinski definition) is 6. The standard InChI is InChI=1S/C22H28N4O4/c1-13(2)29-20-23-11-16-15-10-14(6-7-17(15)24-19(16)25-20)18-12-26(8-9-28-18)21(27)30-22(3,4)5/h6-7,10-11,13,18H,8-9,12H2,1-5H3,(H,23,24,25)/t18-/m1/s1. The molecule has 30 heavy (non-hydrogen) atoms. The molecule has 8 heteroatoms. The van der Waals surface area contributed by atoms with Gasteiger partial charge in [-0.05, 0) is 52.3 Å². The summed E-state index contributed by atoms with van der Waals surface area (Å²) in [6.45, 7) is 10.9. The fourth-order valence-corrected chi connectivity index (χ4v) is 3.49. The predicted octanol–water partition coefficient (Wildman–Crippen LogP) is 4.21. The first kappa shape index (κ1) is 20.4. The molecule has 8 nitrogen and oxygen atoms in total. The van der Waals surface area contributed by atoms with Crippen LogP contribution in [0, 0.1) is 0 Å². The Morgan fingerprint density at radius 1 is 1.30 bits per heavy atom. The van der Waals surface area contributed by atoms with Crippen molar-refractivity contribution in [1.29, 1.82) is 0 Å². The van der Waals surface area contributed by atoms with Crippen LogP contribution in [0.4, 0.5) is 4.79 Å². The predicted molar refractivity (Wildman–Crippen MR) is 114 cm³/mol. The van der Waals surface area contributed by atoms with Crippen LogP contribution in [0.2, 0.25) is 0 Å². The van der Waals surface area contributed by atoms with Gasteiger partial charge in [0.15, 0.2) is 0 Å². The number of nitrogens with one attached hydrogen (secondary N) is 1. The zero-order valence-electron chi connectivity index (χ0n) is 18.1. The number of aromatic nitrogens is 3. The van der Waals surface area contributed by atoms with Gasteiger partial charge in [-0.2, -0.15) is 4.98 Å². The van der Waals surface area contributed by atoms with Gasteiger partial charge in [-0.25, -0.2) is 9.78 Å². The summed E-state index contributed by atoms with van der Waals surface area (Å²) < 4.78 is 17.1. The first-order chi connectivity index (χ1) is 14.2. The zero-order valence-corrected chi connectivity index (χ0v) is 18.1. The summed E-state index contributed by atoms with van der Waals surface area (Å²) in [5.74, 6) is 0. The summed E-state index contributed by atoms with van der Waals surface area (Å²) in [6, 6.07) is 6.45. The monoisotopic (exact) mass is 412 g/mol. The van der Waals surface area contributed by atoms with E-state index in [2.05, 4.69) is 21.0 Å². The molecular formula is C22H28N4O4. The lowest BCUT2D eigenvalue weighted by Gasteiger charge is -2.34. The summed E-state index contributed by atoms with van der Waals surface area (Å²) >= 11 is 0. The van der Waals surface area contributed by atoms with Gasteiger partial charge in [-0.1, -0.05) is 6.07 Å². The van der Waals surface area contributed by atoms with Crippen molar-refractivity contribution in [3.63, 3.8) is 0 Å². The second-order valence-corrected chi connectivity index (χ2v) is 8.80. The van der Waals surface area contributed by atoms with Gasteiger partial charge in [-0.15, -0.1) is 0 Å². The van der Waals surface area contributed by atoms with Gasteiger partial charge in [0, 0.05) is 29.0 Å². The Bertz CT molecular complexity index is 1070. The lowest BCUT2D eigenvalue weighted by atomic mass is 10.0. The summed E-state index contributed by atoms with van der Waals surface area (Å²) in [5.41, 5.74) is 2.17. The second kappa shape index (κ2) is 7.75. The Kier molecular flexibility index (Phi) is 5.27. The molecule has 1 aliphatic heterocycles. The smallest absolute Gasteiger partial charge is 0.410 e. The molecule has 0 bridgehead atoms. The minimum absolute atomic E-state index is 0.00907. The number of hydrogen-bond donors (Lipinski definition) is 1. The van der Waals surface area contributed by atoms with Crippen LogP contribution in [0.3, 0.4) is 0 Å². The molecule has 1 aromatic carbocycles. The number of aromatic amines is 1. The van der Waals surface area contributed by atoms with Crippen LogP contribution >= 0.6 is 0 Å². The van der Waals surface area contributed by atoms with Crippen molar-refractivity contribution >= 4 is 28.0 Å². The number of fused-ring (bicyclic) bond motifs is 3. The van der Waals surface area contributed by atoms with E-state index in [-0.39, 0.29) is 18.3 Å². The molecule has 1 aliphatic rings. The number of nitrogens with zero attached hydrogens (tertiary/aromatic N) is 3. The molecule has 160 valence electrons. The SMILES string of the molecule is CC(C)Oc1ncc2c(n1)[nH]c1ccc([C@H]3CN(C(=O)OC(C)(C)C)CCO3)cc12. The van der Waals surface area contributed by atoms with Crippen LogP contribution in [0.25, 0.3) is 21.9 Å². The van der Waals surface area contributed by atoms with Crippen LogP contribution in [-0.4, -0.2) is 57.3 Å². The number of carbonyl (C=O) groups is 1. The molecule has 1 fully saturated rings. The number of amides is 1. The maximum Gasteiger partial charge on any atom is 0.410 e. The number of morpholine rings is 1. The van der Waals surface area contributed by atoms with Crippen molar-refractivity contribution in [2.24, 2.45) is 0 Å². The van der Waals surface area contributed by atoms with Gasteiger partial charge in [0.2, 0.25) is 0 Å². The third-order valence-corrected chi connectivity index (χ3v) is 4.78. The van der Waals surface area contributed by atoms with Gasteiger partial charge < -0.3 is 24.1 Å². The van der Waals surface area contributed by atoms with Crippen LogP contribution in [0.5, 0.6) is 6.01 Å². The first-order valence-corrected chi connectivity index (χ1v) is 10.2. The van der Waals surface area contributed by atoms with E-state index in [1.54, 1.807) is 11.1 Å². The summed E-state index contributed by atoms with van der Waals surface area (Å²) in [7, 11) is 0. The molecule has 0 aliphatic carbocycles. The van der Waals surface area contributed by atoms with E-state index in [4.69, 9.17) is 14.2 Å². The number of H-pyrrole nitrogens is 1. The molecule has 0 saturated carbocycles. The zero-order chi connectivity index (χ0) is 21.5. The fraction of sp³-hybridized carbons (Fsp3) is 0.500. The lowest BCUT2D eigenvalue weighted by Crippen LogP contribution is -2.44. The van der Waals surface area contributed by atoms with Crippen molar-refractivity contribution in [1.82, 2.24) is 19.9 Å². The normalized spacial score (nSPS) is 17.7. The third-order valence-electron chi connectivity index (χ3n) is 4.78. The maximum atomic E-state index is 12.5. The molecule has 3 aromatic rings. The summed E-state index contributed by atoms with van der Waals surface area (Å²) in [6.07, 6.45) is 1.26. The highest BCUT2D eigenvalue weighted by molar-refractivity contribution is 6.05. The van der Waals surface area contributed by atoms with Gasteiger partial charge in [0.1, 0.15) is 17.4 Å². The molecule has 1 atom stereocenters. The van der Waals surface area contributed by atoms with Crippen LogP contribution in [0.15, 0.2) is 24.4 Å². The maximum absolute atomic E-state index is 12.5. The molecule has 4 rings (SSSR count). The van der Waals surface area contributed by atoms with Gasteiger partial charge in [0.25, 0.3) is 0 Å². The quantitative estimate of drug-likeness (QED) is 0.693. The second-order valence-electron chi connectivity index (χ2n) is 8.80. The molecule has 0 unspecified atom stereocenters. The van der Waals surface area contributed by atoms with Crippen molar-refractivity contribution in [2.75, 3.05) is 19.7 Å². The minimum atomic E-state index is -0.522. The van der Waals surface area contributed by atoms with Gasteiger partial charge in [0.05, 0.1) is 19.3 Å². The van der Waals surface area contributed by atoms with E-state index >= 15 is 0 Å². The lowest BCUT2D eigenvalue weighted by molar-refractivity contribution is -0.0432. The Morgan fingerprint density at radius 3 is 2.83 bits per heavy atom. The summed E-state index contributed by atoms with van der Waals surface area (Å²) in [5, 5.41) is 1.93. The van der Waals surface area contributed by atoms with Crippen LogP contribution < -0.4 is 4.74 Å². The average Bonchev–Trinajstić information content (AvgIpc) is 3.03. The molecule has 2 aromatic heterocycles. The van der Waals surface area contributed by atoms with Crippen LogP contribution in [-0.2, 0) is 9.47 Å². The van der Waals surface area contributed by atoms with Crippen molar-refractivity contribution < 1.29 is 19.0 Å². The van der Waals surface area contributed by atoms with E-state index in [1.807, 2.05) is 46.8 Å². The molecule has 1 saturated heterocycles. The highest BCUT2D eigenvalue weighted by Crippen LogP contribution is 2.30. The average molecular weight is 412 g/mol. The van der Waals surface area contributed by atoms with Crippen molar-refractivity contribution in [2.45, 2.75) is 52.4 Å². The molecule has 1 N–H and O–H groups in total. The van der Waals surface area contributed by atoms with Crippen molar-refractivity contribution in [3.8, 4) is 6.01 Å². The topological polar surface area (TPSA) is 89.6 Å². The van der Waals surface area contributed by atoms with E-state index < -0.39 is 5.60 Å². The van der Waals surface area contributed by atoms with E-state index in [9.17, 15) is 4.79 Å². The molecular weight excluding hydrogens is 384 g/mol. The Hall–Kier alpha value is -2.87. The number of carbonyl (C=O) groups excluding carboxylic acids is 1. The highest BCUT2D eigenvalue weighted by Gasteiger charge is 2.29. The number of benzene rings is 1. The Labute approximate surface area is 175 Å². The molecule has 3 heterocycles. The number of rotatable bonds is 3.